The third-order valence-electron chi connectivity index (χ3n) is 2.72. The normalized spacial score (nSPS) is 19.2. The first kappa shape index (κ1) is 12.3. The summed E-state index contributed by atoms with van der Waals surface area (Å²) in [4.78, 5) is 0. The molecule has 6 heteroatoms. The maximum absolute atomic E-state index is 5.51. The summed E-state index contributed by atoms with van der Waals surface area (Å²) in [5.41, 5.74) is 0. The lowest BCUT2D eigenvalue weighted by molar-refractivity contribution is 0.114. The first-order valence-electron chi connectivity index (χ1n) is 5.98. The molecule has 1 aliphatic heterocycles. The summed E-state index contributed by atoms with van der Waals surface area (Å²) < 4.78 is 7.36. The minimum Gasteiger partial charge on any atom is -0.376 e. The van der Waals surface area contributed by atoms with Crippen molar-refractivity contribution >= 4 is 23.1 Å². The van der Waals surface area contributed by atoms with E-state index in [0.717, 1.165) is 38.4 Å². The fraction of sp³-hybridized carbons (Fsp3) is 0.636. The van der Waals surface area contributed by atoms with Gasteiger partial charge in [-0.2, -0.15) is 5.10 Å². The Labute approximate surface area is 107 Å². The summed E-state index contributed by atoms with van der Waals surface area (Å²) in [5.74, 6) is 0.775. The molecule has 0 amide bonds. The van der Waals surface area contributed by atoms with Crippen LogP contribution in [0.15, 0.2) is 12.3 Å². The van der Waals surface area contributed by atoms with E-state index >= 15 is 0 Å². The van der Waals surface area contributed by atoms with Crippen LogP contribution in [0.3, 0.4) is 0 Å². The Hall–Kier alpha value is -1.14. The van der Waals surface area contributed by atoms with E-state index in [1.54, 1.807) is 0 Å². The van der Waals surface area contributed by atoms with E-state index in [4.69, 9.17) is 17.0 Å². The van der Waals surface area contributed by atoms with Crippen LogP contribution < -0.4 is 10.6 Å². The van der Waals surface area contributed by atoms with Gasteiger partial charge in [-0.05, 0) is 32.0 Å². The lowest BCUT2D eigenvalue weighted by Crippen LogP contribution is -2.34. The van der Waals surface area contributed by atoms with E-state index in [9.17, 15) is 0 Å². The molecule has 0 aromatic carbocycles. The highest BCUT2D eigenvalue weighted by molar-refractivity contribution is 7.80. The van der Waals surface area contributed by atoms with Crippen molar-refractivity contribution in [2.45, 2.75) is 32.4 Å². The average molecular weight is 254 g/mol. The van der Waals surface area contributed by atoms with Gasteiger partial charge < -0.3 is 15.4 Å². The van der Waals surface area contributed by atoms with Crippen LogP contribution in [0.5, 0.6) is 0 Å². The zero-order valence-corrected chi connectivity index (χ0v) is 10.8. The Bertz CT molecular complexity index is 373. The zero-order valence-electron chi connectivity index (χ0n) is 9.98. The van der Waals surface area contributed by atoms with Crippen molar-refractivity contribution in [3.63, 3.8) is 0 Å². The van der Waals surface area contributed by atoms with E-state index in [1.807, 2.05) is 23.9 Å². The van der Waals surface area contributed by atoms with Crippen molar-refractivity contribution in [2.24, 2.45) is 0 Å². The van der Waals surface area contributed by atoms with Crippen molar-refractivity contribution in [1.82, 2.24) is 15.1 Å². The Kier molecular flexibility index (Phi) is 4.33. The molecule has 1 saturated heterocycles. The standard InChI is InChI=1S/C11H18N4OS/c1-2-15-6-5-10(14-15)13-11(17)12-8-9-4-3-7-16-9/h5-6,9H,2-4,7-8H2,1H3,(H2,12,13,14,17). The second kappa shape index (κ2) is 5.97. The number of aryl methyl sites for hydroxylation is 1. The van der Waals surface area contributed by atoms with Crippen molar-refractivity contribution in [1.29, 1.82) is 0 Å². The SMILES string of the molecule is CCn1ccc(NC(=S)NCC2CCCO2)n1. The third kappa shape index (κ3) is 3.67. The van der Waals surface area contributed by atoms with Crippen LogP contribution in [0.4, 0.5) is 5.82 Å². The lowest BCUT2D eigenvalue weighted by atomic mass is 10.2. The van der Waals surface area contributed by atoms with Crippen LogP contribution in [0.2, 0.25) is 0 Å². The molecule has 1 aromatic rings. The number of thiocarbonyl (C=S) groups is 1. The number of ether oxygens (including phenoxy) is 1. The second-order valence-electron chi connectivity index (χ2n) is 4.03. The molecule has 2 heterocycles. The van der Waals surface area contributed by atoms with E-state index in [0.29, 0.717) is 11.2 Å². The molecule has 5 nitrogen and oxygen atoms in total. The highest BCUT2D eigenvalue weighted by Gasteiger charge is 2.15. The Morgan fingerprint density at radius 3 is 3.24 bits per heavy atom. The van der Waals surface area contributed by atoms with Gasteiger partial charge in [0.25, 0.3) is 0 Å². The van der Waals surface area contributed by atoms with Crippen molar-refractivity contribution in [3.05, 3.63) is 12.3 Å². The first-order valence-corrected chi connectivity index (χ1v) is 6.38. The van der Waals surface area contributed by atoms with Gasteiger partial charge in [-0.3, -0.25) is 4.68 Å². The molecule has 0 saturated carbocycles. The molecule has 0 bridgehead atoms. The van der Waals surface area contributed by atoms with E-state index in [2.05, 4.69) is 15.7 Å². The zero-order chi connectivity index (χ0) is 12.1. The predicted octanol–water partition coefficient (Wildman–Crippen LogP) is 1.37. The second-order valence-corrected chi connectivity index (χ2v) is 4.43. The number of nitrogens with zero attached hydrogens (tertiary/aromatic N) is 2. The van der Waals surface area contributed by atoms with Gasteiger partial charge in [0.15, 0.2) is 10.9 Å². The van der Waals surface area contributed by atoms with Gasteiger partial charge in [-0.25, -0.2) is 0 Å². The van der Waals surface area contributed by atoms with Gasteiger partial charge in [-0.1, -0.05) is 0 Å². The molecular weight excluding hydrogens is 236 g/mol. The summed E-state index contributed by atoms with van der Waals surface area (Å²) in [6, 6.07) is 1.91. The molecule has 1 fully saturated rings. The predicted molar refractivity (Wildman–Crippen MR) is 71.1 cm³/mol. The topological polar surface area (TPSA) is 51.1 Å². The van der Waals surface area contributed by atoms with E-state index < -0.39 is 0 Å². The molecule has 0 radical (unpaired) electrons. The molecular formula is C11H18N4OS. The molecule has 0 spiro atoms. The first-order chi connectivity index (χ1) is 8.28. The van der Waals surface area contributed by atoms with E-state index in [-0.39, 0.29) is 0 Å². The maximum atomic E-state index is 5.51. The number of nitrogens with one attached hydrogen (secondary N) is 2. The molecule has 0 aliphatic carbocycles. The van der Waals surface area contributed by atoms with Crippen LogP contribution in [-0.2, 0) is 11.3 Å². The lowest BCUT2D eigenvalue weighted by Gasteiger charge is -2.12. The van der Waals surface area contributed by atoms with Crippen LogP contribution >= 0.6 is 12.2 Å². The van der Waals surface area contributed by atoms with Gasteiger partial charge in [0.1, 0.15) is 0 Å². The van der Waals surface area contributed by atoms with Gasteiger partial charge in [0.2, 0.25) is 0 Å². The van der Waals surface area contributed by atoms with Crippen molar-refractivity contribution in [3.8, 4) is 0 Å². The molecule has 94 valence electrons. The van der Waals surface area contributed by atoms with Gasteiger partial charge in [0, 0.05) is 32.0 Å². The summed E-state index contributed by atoms with van der Waals surface area (Å²) in [6.45, 7) is 4.54. The van der Waals surface area contributed by atoms with Crippen molar-refractivity contribution in [2.75, 3.05) is 18.5 Å². The molecule has 17 heavy (non-hydrogen) atoms. The van der Waals surface area contributed by atoms with Crippen LogP contribution in [0.25, 0.3) is 0 Å². The molecule has 1 aromatic heterocycles. The fourth-order valence-electron chi connectivity index (χ4n) is 1.78. The number of rotatable bonds is 4. The number of aromatic nitrogens is 2. The minimum atomic E-state index is 0.294. The average Bonchev–Trinajstić information content (AvgIpc) is 2.97. The molecule has 2 rings (SSSR count). The Balaban J connectivity index is 1.72. The largest absolute Gasteiger partial charge is 0.376 e. The monoisotopic (exact) mass is 254 g/mol. The smallest absolute Gasteiger partial charge is 0.172 e. The highest BCUT2D eigenvalue weighted by Crippen LogP contribution is 2.10. The number of hydrogen-bond donors (Lipinski definition) is 2. The van der Waals surface area contributed by atoms with Gasteiger partial charge >= 0.3 is 0 Å². The van der Waals surface area contributed by atoms with Gasteiger partial charge in [-0.15, -0.1) is 0 Å². The Morgan fingerprint density at radius 2 is 2.59 bits per heavy atom. The third-order valence-corrected chi connectivity index (χ3v) is 2.97. The Morgan fingerprint density at radius 1 is 1.71 bits per heavy atom. The maximum Gasteiger partial charge on any atom is 0.172 e. The fourth-order valence-corrected chi connectivity index (χ4v) is 1.96. The number of hydrogen-bond acceptors (Lipinski definition) is 3. The summed E-state index contributed by atoms with van der Waals surface area (Å²) in [6.07, 6.45) is 4.47. The van der Waals surface area contributed by atoms with Gasteiger partial charge in [0.05, 0.1) is 6.10 Å². The van der Waals surface area contributed by atoms with Crippen LogP contribution in [0.1, 0.15) is 19.8 Å². The summed E-state index contributed by atoms with van der Waals surface area (Å²) in [5, 5.41) is 11.1. The van der Waals surface area contributed by atoms with E-state index in [1.165, 1.54) is 0 Å². The highest BCUT2D eigenvalue weighted by atomic mass is 32.1. The van der Waals surface area contributed by atoms with Crippen LogP contribution in [0, 0.1) is 0 Å². The molecule has 1 aliphatic rings. The summed E-state index contributed by atoms with van der Waals surface area (Å²) in [7, 11) is 0. The van der Waals surface area contributed by atoms with Crippen molar-refractivity contribution < 1.29 is 4.74 Å². The minimum absolute atomic E-state index is 0.294. The molecule has 1 atom stereocenters. The summed E-state index contributed by atoms with van der Waals surface area (Å²) >= 11 is 5.19. The number of anilines is 1. The molecule has 1 unspecified atom stereocenters. The quantitative estimate of drug-likeness (QED) is 0.795. The van der Waals surface area contributed by atoms with Crippen LogP contribution in [-0.4, -0.2) is 34.1 Å². The molecule has 2 N–H and O–H groups in total.